The van der Waals surface area contributed by atoms with Crippen LogP contribution in [0.25, 0.3) is 11.1 Å². The van der Waals surface area contributed by atoms with Crippen LogP contribution < -0.4 is 9.64 Å². The molecule has 1 aromatic heterocycles. The number of methoxy groups -OCH3 is 1. The van der Waals surface area contributed by atoms with Gasteiger partial charge in [-0.25, -0.2) is 4.39 Å². The van der Waals surface area contributed by atoms with E-state index in [1.165, 1.54) is 13.2 Å². The number of likely N-dealkylation sites (N-methyl/N-ethyl adjacent to an activating group) is 1. The molecule has 1 fully saturated rings. The molecule has 2 atom stereocenters. The number of aliphatic carboxylic acids is 1. The van der Waals surface area contributed by atoms with E-state index in [-0.39, 0.29) is 18.2 Å². The third kappa shape index (κ3) is 3.12. The van der Waals surface area contributed by atoms with Gasteiger partial charge in [-0.2, -0.15) is 0 Å². The van der Waals surface area contributed by atoms with Crippen molar-refractivity contribution in [2.75, 3.05) is 25.6 Å². The molecule has 2 aliphatic heterocycles. The fraction of sp³-hybridized carbons (Fsp3) is 0.478. The average Bonchev–Trinajstić information content (AvgIpc) is 3.49. The molecule has 1 aromatic carbocycles. The van der Waals surface area contributed by atoms with Crippen LogP contribution in [0.2, 0.25) is 0 Å². The number of carboxylic acid groups (broad SMARTS) is 1. The third-order valence-corrected chi connectivity index (χ3v) is 6.84. The standard InChI is InChI=1S/C23H26FN3O4/c1-12-8-26-9-13(6-15(26)10-25(12)2)19-18(24)7-16-20(22(19)31-3)27(14-4-5-14)11-17(21(16)28)23(29)30/h6-7,9,12,14,17H,4-5,8,10-11H2,1-3H3,(H,29,30)/t12-,17?/m1/s1. The van der Waals surface area contributed by atoms with Crippen LogP contribution in [0.15, 0.2) is 18.3 Å². The molecule has 164 valence electrons. The van der Waals surface area contributed by atoms with Crippen molar-refractivity contribution >= 4 is 17.4 Å². The minimum Gasteiger partial charge on any atom is -0.494 e. The number of carboxylic acids is 1. The zero-order valence-electron chi connectivity index (χ0n) is 17.9. The fourth-order valence-corrected chi connectivity index (χ4v) is 4.85. The van der Waals surface area contributed by atoms with Crippen molar-refractivity contribution < 1.29 is 23.8 Å². The first kappa shape index (κ1) is 20.1. The van der Waals surface area contributed by atoms with Crippen LogP contribution in [-0.4, -0.2) is 59.1 Å². The number of benzene rings is 1. The fourth-order valence-electron chi connectivity index (χ4n) is 4.85. The molecule has 8 heteroatoms. The van der Waals surface area contributed by atoms with Crippen LogP contribution >= 0.6 is 0 Å². The molecule has 5 rings (SSSR count). The zero-order chi connectivity index (χ0) is 22.0. The number of hydrogen-bond donors (Lipinski definition) is 1. The normalized spacial score (nSPS) is 23.5. The van der Waals surface area contributed by atoms with Gasteiger partial charge in [-0.1, -0.05) is 0 Å². The van der Waals surface area contributed by atoms with E-state index in [9.17, 15) is 14.7 Å². The number of fused-ring (bicyclic) bond motifs is 2. The van der Waals surface area contributed by atoms with Crippen molar-refractivity contribution in [1.82, 2.24) is 9.47 Å². The molecule has 0 bridgehead atoms. The molecule has 7 nitrogen and oxygen atoms in total. The number of nitrogens with zero attached hydrogens (tertiary/aromatic N) is 3. The molecule has 0 amide bonds. The number of anilines is 1. The summed E-state index contributed by atoms with van der Waals surface area (Å²) in [6.07, 6.45) is 3.78. The van der Waals surface area contributed by atoms with Crippen LogP contribution in [0.4, 0.5) is 10.1 Å². The molecule has 3 aliphatic rings. The van der Waals surface area contributed by atoms with Crippen LogP contribution in [-0.2, 0) is 17.9 Å². The van der Waals surface area contributed by atoms with E-state index >= 15 is 4.39 Å². The topological polar surface area (TPSA) is 75.0 Å². The summed E-state index contributed by atoms with van der Waals surface area (Å²) in [6, 6.07) is 3.70. The first-order chi connectivity index (χ1) is 14.8. The average molecular weight is 427 g/mol. The first-order valence-corrected chi connectivity index (χ1v) is 10.6. The Morgan fingerprint density at radius 3 is 2.65 bits per heavy atom. The molecule has 1 saturated carbocycles. The zero-order valence-corrected chi connectivity index (χ0v) is 17.9. The molecule has 3 heterocycles. The maximum atomic E-state index is 15.5. The van der Waals surface area contributed by atoms with Gasteiger partial charge in [-0.15, -0.1) is 0 Å². The Hall–Kier alpha value is -2.87. The van der Waals surface area contributed by atoms with Crippen molar-refractivity contribution in [3.63, 3.8) is 0 Å². The van der Waals surface area contributed by atoms with E-state index in [0.29, 0.717) is 28.6 Å². The molecule has 31 heavy (non-hydrogen) atoms. The summed E-state index contributed by atoms with van der Waals surface area (Å²) in [6.45, 7) is 3.82. The quantitative estimate of drug-likeness (QED) is 0.757. The summed E-state index contributed by atoms with van der Waals surface area (Å²) in [5.74, 6) is -3.20. The number of aromatic nitrogens is 1. The predicted octanol–water partition coefficient (Wildman–Crippen LogP) is 3.00. The minimum absolute atomic E-state index is 0.0852. The smallest absolute Gasteiger partial charge is 0.316 e. The molecule has 1 N–H and O–H groups in total. The van der Waals surface area contributed by atoms with Gasteiger partial charge in [-0.05, 0) is 38.9 Å². The Morgan fingerprint density at radius 1 is 1.26 bits per heavy atom. The van der Waals surface area contributed by atoms with Gasteiger partial charge in [0.05, 0.1) is 18.4 Å². The van der Waals surface area contributed by atoms with Gasteiger partial charge in [0, 0.05) is 54.7 Å². The van der Waals surface area contributed by atoms with Crippen LogP contribution in [0.5, 0.6) is 5.75 Å². The summed E-state index contributed by atoms with van der Waals surface area (Å²) < 4.78 is 23.3. The van der Waals surface area contributed by atoms with E-state index in [0.717, 1.165) is 31.6 Å². The Kier molecular flexibility index (Phi) is 4.58. The highest BCUT2D eigenvalue weighted by molar-refractivity contribution is 6.15. The van der Waals surface area contributed by atoms with Gasteiger partial charge in [0.15, 0.2) is 11.5 Å². The van der Waals surface area contributed by atoms with Gasteiger partial charge in [-0.3, -0.25) is 14.5 Å². The van der Waals surface area contributed by atoms with Crippen LogP contribution in [0.1, 0.15) is 35.8 Å². The number of halogens is 1. The molecular weight excluding hydrogens is 401 g/mol. The lowest BCUT2D eigenvalue weighted by Crippen LogP contribution is -2.44. The number of rotatable bonds is 4. The molecule has 1 unspecified atom stereocenters. The molecule has 0 radical (unpaired) electrons. The van der Waals surface area contributed by atoms with Crippen molar-refractivity contribution in [2.45, 2.75) is 44.9 Å². The van der Waals surface area contributed by atoms with Crippen molar-refractivity contribution in [2.24, 2.45) is 5.92 Å². The highest BCUT2D eigenvalue weighted by Gasteiger charge is 2.44. The van der Waals surface area contributed by atoms with E-state index in [1.54, 1.807) is 0 Å². The number of ether oxygens (including phenoxy) is 1. The second-order valence-corrected chi connectivity index (χ2v) is 8.94. The van der Waals surface area contributed by atoms with E-state index in [1.807, 2.05) is 17.2 Å². The molecule has 2 aromatic rings. The van der Waals surface area contributed by atoms with Crippen LogP contribution in [0, 0.1) is 11.7 Å². The Labute approximate surface area is 180 Å². The highest BCUT2D eigenvalue weighted by Crippen LogP contribution is 2.49. The second-order valence-electron chi connectivity index (χ2n) is 8.94. The summed E-state index contributed by atoms with van der Waals surface area (Å²) in [5.41, 5.74) is 2.75. The Bertz CT molecular complexity index is 1060. The molecule has 1 aliphatic carbocycles. The summed E-state index contributed by atoms with van der Waals surface area (Å²) >= 11 is 0. The van der Waals surface area contributed by atoms with E-state index in [2.05, 4.69) is 23.4 Å². The van der Waals surface area contributed by atoms with Crippen LogP contribution in [0.3, 0.4) is 0 Å². The summed E-state index contributed by atoms with van der Waals surface area (Å²) in [5, 5.41) is 9.54. The third-order valence-electron chi connectivity index (χ3n) is 6.84. The largest absolute Gasteiger partial charge is 0.494 e. The predicted molar refractivity (Wildman–Crippen MR) is 113 cm³/mol. The highest BCUT2D eigenvalue weighted by atomic mass is 19.1. The van der Waals surface area contributed by atoms with Gasteiger partial charge in [0.1, 0.15) is 11.7 Å². The monoisotopic (exact) mass is 427 g/mol. The van der Waals surface area contributed by atoms with Gasteiger partial charge in [0.25, 0.3) is 0 Å². The minimum atomic E-state index is -1.19. The van der Waals surface area contributed by atoms with Crippen molar-refractivity contribution in [3.8, 4) is 16.9 Å². The van der Waals surface area contributed by atoms with Crippen molar-refractivity contribution in [1.29, 1.82) is 0 Å². The van der Waals surface area contributed by atoms with Gasteiger partial charge in [0.2, 0.25) is 0 Å². The summed E-state index contributed by atoms with van der Waals surface area (Å²) in [4.78, 5) is 28.8. The first-order valence-electron chi connectivity index (χ1n) is 10.6. The molecule has 0 spiro atoms. The van der Waals surface area contributed by atoms with Gasteiger partial charge >= 0.3 is 5.97 Å². The maximum absolute atomic E-state index is 15.5. The second kappa shape index (κ2) is 7.09. The lowest BCUT2D eigenvalue weighted by atomic mass is 9.88. The summed E-state index contributed by atoms with van der Waals surface area (Å²) in [7, 11) is 3.54. The molecular formula is C23H26FN3O4. The Balaban J connectivity index is 1.68. The number of hydrogen-bond acceptors (Lipinski definition) is 5. The molecule has 0 saturated heterocycles. The van der Waals surface area contributed by atoms with E-state index in [4.69, 9.17) is 4.74 Å². The number of Topliss-reactive ketones (excluding diaryl/α,β-unsaturated/α-hetero) is 1. The SMILES string of the molecule is COc1c(-c2cc3n(c2)C[C@@H](C)N(C)C3)c(F)cc2c1N(C1CC1)CC(C(=O)O)C2=O. The lowest BCUT2D eigenvalue weighted by molar-refractivity contribution is -0.139. The van der Waals surface area contributed by atoms with Crippen molar-refractivity contribution in [3.05, 3.63) is 35.4 Å². The maximum Gasteiger partial charge on any atom is 0.316 e. The van der Waals surface area contributed by atoms with E-state index < -0.39 is 23.5 Å². The number of carbonyl (C=O) groups is 2. The Morgan fingerprint density at radius 2 is 2.00 bits per heavy atom. The number of ketones is 1. The van der Waals surface area contributed by atoms with Gasteiger partial charge < -0.3 is 19.3 Å². The lowest BCUT2D eigenvalue weighted by Gasteiger charge is -2.35. The number of carbonyl (C=O) groups excluding carboxylic acids is 1.